The molecule has 170 valence electrons. The van der Waals surface area contributed by atoms with E-state index in [1.54, 1.807) is 0 Å². The number of nitrogens with two attached hydrogens (primary N) is 1. The summed E-state index contributed by atoms with van der Waals surface area (Å²) in [7, 11) is 0. The first kappa shape index (κ1) is 21.4. The van der Waals surface area contributed by atoms with Crippen LogP contribution in [0.5, 0.6) is 0 Å². The van der Waals surface area contributed by atoms with Crippen LogP contribution in [-0.4, -0.2) is 26.6 Å². The van der Waals surface area contributed by atoms with Crippen molar-refractivity contribution in [3.8, 4) is 5.69 Å². The third kappa shape index (κ3) is 3.94. The molecule has 0 spiro atoms. The molecule has 0 bridgehead atoms. The Bertz CT molecular complexity index is 1300. The Morgan fingerprint density at radius 3 is 2.39 bits per heavy atom. The molecule has 0 aliphatic heterocycles. The summed E-state index contributed by atoms with van der Waals surface area (Å²) in [5.74, 6) is 0.379. The van der Waals surface area contributed by atoms with Gasteiger partial charge in [0.15, 0.2) is 5.65 Å². The highest BCUT2D eigenvalue weighted by molar-refractivity contribution is 6.09. The Balaban J connectivity index is 1.66. The fourth-order valence-electron chi connectivity index (χ4n) is 4.71. The van der Waals surface area contributed by atoms with Gasteiger partial charge in [-0.3, -0.25) is 4.57 Å². The zero-order chi connectivity index (χ0) is 22.9. The van der Waals surface area contributed by atoms with Crippen molar-refractivity contribution in [2.45, 2.75) is 64.4 Å². The lowest BCUT2D eigenvalue weighted by Crippen LogP contribution is -2.21. The largest absolute Gasteiger partial charge is 0.459 e. The van der Waals surface area contributed by atoms with Crippen molar-refractivity contribution in [2.75, 3.05) is 5.73 Å². The maximum absolute atomic E-state index is 13.3. The highest BCUT2D eigenvalue weighted by Gasteiger charge is 2.28. The average molecular weight is 443 g/mol. The van der Waals surface area contributed by atoms with E-state index in [0.29, 0.717) is 28.5 Å². The molecule has 1 fully saturated rings. The van der Waals surface area contributed by atoms with Gasteiger partial charge in [-0.25, -0.2) is 14.8 Å². The van der Waals surface area contributed by atoms with Crippen LogP contribution in [-0.2, 0) is 4.74 Å². The zero-order valence-corrected chi connectivity index (χ0v) is 19.3. The van der Waals surface area contributed by atoms with Crippen LogP contribution >= 0.6 is 0 Å². The summed E-state index contributed by atoms with van der Waals surface area (Å²) in [6, 6.07) is 15.9. The van der Waals surface area contributed by atoms with Crippen LogP contribution in [0.15, 0.2) is 48.5 Å². The lowest BCUT2D eigenvalue weighted by Gasteiger charge is -2.21. The quantitative estimate of drug-likeness (QED) is 0.374. The molecule has 33 heavy (non-hydrogen) atoms. The third-order valence-corrected chi connectivity index (χ3v) is 6.86. The van der Waals surface area contributed by atoms with Gasteiger partial charge in [0.2, 0.25) is 0 Å². The Morgan fingerprint density at radius 2 is 1.73 bits per heavy atom. The monoisotopic (exact) mass is 442 g/mol. The zero-order valence-electron chi connectivity index (χ0n) is 19.3. The minimum absolute atomic E-state index is 0.0627. The van der Waals surface area contributed by atoms with Gasteiger partial charge in [-0.05, 0) is 67.9 Å². The Morgan fingerprint density at radius 1 is 1.06 bits per heavy atom. The first-order valence-electron chi connectivity index (χ1n) is 11.9. The van der Waals surface area contributed by atoms with Gasteiger partial charge >= 0.3 is 5.97 Å². The molecule has 6 nitrogen and oxygen atoms in total. The van der Waals surface area contributed by atoms with Gasteiger partial charge in [-0.15, -0.1) is 0 Å². The molecular formula is C27H30N4O2. The number of benzene rings is 2. The summed E-state index contributed by atoms with van der Waals surface area (Å²) in [5.41, 5.74) is 11.6. The predicted octanol–water partition coefficient (Wildman–Crippen LogP) is 6.16. The number of esters is 1. The predicted molar refractivity (Wildman–Crippen MR) is 132 cm³/mol. The lowest BCUT2D eigenvalue weighted by molar-refractivity contribution is 0.0214. The molecule has 1 saturated carbocycles. The third-order valence-electron chi connectivity index (χ3n) is 6.86. The number of nitrogen functional groups attached to an aromatic ring is 1. The van der Waals surface area contributed by atoms with E-state index >= 15 is 0 Å². The van der Waals surface area contributed by atoms with Crippen molar-refractivity contribution in [1.29, 1.82) is 0 Å². The number of hydrogen-bond donors (Lipinski definition) is 1. The van der Waals surface area contributed by atoms with E-state index in [1.807, 2.05) is 41.0 Å². The van der Waals surface area contributed by atoms with Crippen molar-refractivity contribution in [3.63, 3.8) is 0 Å². The number of rotatable bonds is 5. The van der Waals surface area contributed by atoms with E-state index < -0.39 is 5.97 Å². The van der Waals surface area contributed by atoms with E-state index in [4.69, 9.17) is 20.4 Å². The number of nitrogens with zero attached hydrogens (tertiary/aromatic N) is 3. The molecular weight excluding hydrogens is 412 g/mol. The van der Waals surface area contributed by atoms with Crippen LogP contribution in [0.3, 0.4) is 0 Å². The minimum Gasteiger partial charge on any atom is -0.459 e. The Hall–Kier alpha value is -3.41. The van der Waals surface area contributed by atoms with Gasteiger partial charge in [0, 0.05) is 5.69 Å². The molecule has 1 aliphatic carbocycles. The number of carbonyl (C=O) groups excluding carboxylic acids is 1. The molecule has 0 saturated heterocycles. The highest BCUT2D eigenvalue weighted by atomic mass is 16.5. The second-order valence-corrected chi connectivity index (χ2v) is 9.05. The molecule has 4 aromatic rings. The molecule has 5 rings (SSSR count). The van der Waals surface area contributed by atoms with Crippen LogP contribution in [0.25, 0.3) is 27.9 Å². The van der Waals surface area contributed by atoms with Crippen LogP contribution in [0.2, 0.25) is 0 Å². The number of aromatic nitrogens is 3. The molecule has 1 aliphatic rings. The Labute approximate surface area is 193 Å². The van der Waals surface area contributed by atoms with Crippen molar-refractivity contribution < 1.29 is 9.53 Å². The maximum Gasteiger partial charge on any atom is 0.344 e. The smallest absolute Gasteiger partial charge is 0.344 e. The van der Waals surface area contributed by atoms with Crippen molar-refractivity contribution >= 4 is 34.0 Å². The summed E-state index contributed by atoms with van der Waals surface area (Å²) in [4.78, 5) is 23.0. The van der Waals surface area contributed by atoms with Gasteiger partial charge < -0.3 is 10.5 Å². The average Bonchev–Trinajstić information content (AvgIpc) is 3.13. The summed E-state index contributed by atoms with van der Waals surface area (Å²) in [6.07, 6.45) is 6.17. The molecule has 6 heteroatoms. The van der Waals surface area contributed by atoms with E-state index in [-0.39, 0.29) is 6.10 Å². The molecule has 2 heterocycles. The normalized spacial score (nSPS) is 15.7. The standard InChI is InChI=1S/C27H30N4O2/c1-3-17(2)18-13-15-19(16-14-18)31-25(28)23(27(32)33-20-9-5-4-6-10-20)24-26(31)30-22-12-8-7-11-21(22)29-24/h7-8,11-17,20H,3-6,9-10,28H2,1-2H3/t17-/m0/s1. The van der Waals surface area contributed by atoms with Crippen LogP contribution in [0.1, 0.15) is 74.2 Å². The molecule has 2 aromatic carbocycles. The van der Waals surface area contributed by atoms with Gasteiger partial charge in [0.05, 0.1) is 11.0 Å². The molecule has 0 unspecified atom stereocenters. The first-order valence-corrected chi connectivity index (χ1v) is 11.9. The molecule has 0 radical (unpaired) electrons. The van der Waals surface area contributed by atoms with E-state index in [0.717, 1.165) is 48.8 Å². The number of para-hydroxylation sites is 2. The summed E-state index contributed by atoms with van der Waals surface area (Å²) < 4.78 is 7.72. The van der Waals surface area contributed by atoms with E-state index in [2.05, 4.69) is 26.0 Å². The fourth-order valence-corrected chi connectivity index (χ4v) is 4.71. The summed E-state index contributed by atoms with van der Waals surface area (Å²) in [6.45, 7) is 4.40. The maximum atomic E-state index is 13.3. The van der Waals surface area contributed by atoms with Gasteiger partial charge in [0.1, 0.15) is 23.0 Å². The first-order chi connectivity index (χ1) is 16.1. The number of ether oxygens (including phenoxy) is 1. The number of hydrogen-bond acceptors (Lipinski definition) is 5. The number of carbonyl (C=O) groups is 1. The molecule has 2 N–H and O–H groups in total. The highest BCUT2D eigenvalue weighted by Crippen LogP contribution is 2.33. The minimum atomic E-state index is -0.413. The topological polar surface area (TPSA) is 83.0 Å². The second-order valence-electron chi connectivity index (χ2n) is 9.05. The van der Waals surface area contributed by atoms with Crippen LogP contribution in [0.4, 0.5) is 5.82 Å². The summed E-state index contributed by atoms with van der Waals surface area (Å²) in [5, 5.41) is 0. The van der Waals surface area contributed by atoms with Crippen LogP contribution < -0.4 is 5.73 Å². The SMILES string of the molecule is CC[C@H](C)c1ccc(-n2c(N)c(C(=O)OC3CCCCC3)c3nc4ccccc4nc32)cc1. The van der Waals surface area contributed by atoms with Crippen molar-refractivity contribution in [1.82, 2.24) is 14.5 Å². The van der Waals surface area contributed by atoms with E-state index in [9.17, 15) is 4.79 Å². The fraction of sp³-hybridized carbons (Fsp3) is 0.370. The molecule has 2 aromatic heterocycles. The van der Waals surface area contributed by atoms with E-state index in [1.165, 1.54) is 12.0 Å². The molecule has 0 amide bonds. The lowest BCUT2D eigenvalue weighted by atomic mass is 9.98. The molecule has 1 atom stereocenters. The van der Waals surface area contributed by atoms with Crippen molar-refractivity contribution in [2.24, 2.45) is 0 Å². The Kier molecular flexibility index (Phi) is 5.75. The second kappa shape index (κ2) is 8.85. The van der Waals surface area contributed by atoms with Gasteiger partial charge in [0.25, 0.3) is 0 Å². The van der Waals surface area contributed by atoms with Crippen molar-refractivity contribution in [3.05, 3.63) is 59.7 Å². The number of fused-ring (bicyclic) bond motifs is 2. The van der Waals surface area contributed by atoms with Gasteiger partial charge in [-0.1, -0.05) is 44.5 Å². The van der Waals surface area contributed by atoms with Crippen LogP contribution in [0, 0.1) is 0 Å². The van der Waals surface area contributed by atoms with Gasteiger partial charge in [-0.2, -0.15) is 0 Å². The summed E-state index contributed by atoms with van der Waals surface area (Å²) >= 11 is 0. The number of anilines is 1.